The molecule has 7 nitrogen and oxygen atoms in total. The van der Waals surface area contributed by atoms with E-state index in [1.54, 1.807) is 0 Å². The highest BCUT2D eigenvalue weighted by Crippen LogP contribution is 2.31. The zero-order valence-electron chi connectivity index (χ0n) is 15.7. The second kappa shape index (κ2) is 7.14. The summed E-state index contributed by atoms with van der Waals surface area (Å²) in [7, 11) is 0. The highest BCUT2D eigenvalue weighted by molar-refractivity contribution is 7.13. The lowest BCUT2D eigenvalue weighted by Gasteiger charge is -2.06. The van der Waals surface area contributed by atoms with E-state index >= 15 is 0 Å². The van der Waals surface area contributed by atoms with Crippen LogP contribution in [0.25, 0.3) is 32.6 Å². The molecule has 5 rings (SSSR count). The Kier molecular flexibility index (Phi) is 4.33. The number of nitrogens with one attached hydrogen (secondary N) is 2. The molecule has 0 radical (unpaired) electrons. The van der Waals surface area contributed by atoms with E-state index in [0.717, 1.165) is 22.6 Å². The molecule has 0 saturated carbocycles. The SMILES string of the molecule is CCn1c2ccccc2c2cc(NC(=O)Cc3csc(-c4ncn[nH]4)n3)ccc21. The van der Waals surface area contributed by atoms with E-state index in [9.17, 15) is 4.79 Å². The van der Waals surface area contributed by atoms with Gasteiger partial charge in [0.2, 0.25) is 5.91 Å². The smallest absolute Gasteiger partial charge is 0.230 e. The van der Waals surface area contributed by atoms with Crippen molar-refractivity contribution in [2.75, 3.05) is 5.32 Å². The lowest BCUT2D eigenvalue weighted by Crippen LogP contribution is -2.14. The molecule has 0 aliphatic heterocycles. The second-order valence-corrected chi connectivity index (χ2v) is 7.55. The van der Waals surface area contributed by atoms with E-state index in [1.807, 2.05) is 23.6 Å². The molecule has 0 bridgehead atoms. The van der Waals surface area contributed by atoms with E-state index in [0.29, 0.717) is 11.5 Å². The standard InChI is InChI=1S/C21H18N6OS/c1-2-27-17-6-4-3-5-15(17)16-9-13(7-8-18(16)27)24-19(28)10-14-11-29-21(25-14)20-22-12-23-26-20/h3-9,11-12H,2,10H2,1H3,(H,24,28)(H,22,23,26). The van der Waals surface area contributed by atoms with Gasteiger partial charge >= 0.3 is 0 Å². The number of carbonyl (C=O) groups is 1. The third-order valence-corrected chi connectivity index (χ3v) is 5.78. The van der Waals surface area contributed by atoms with Gasteiger partial charge in [-0.3, -0.25) is 9.89 Å². The summed E-state index contributed by atoms with van der Waals surface area (Å²) in [6.45, 7) is 3.04. The fourth-order valence-electron chi connectivity index (χ4n) is 3.65. The number of para-hydroxylation sites is 1. The molecule has 8 heteroatoms. The van der Waals surface area contributed by atoms with Crippen molar-refractivity contribution in [2.24, 2.45) is 0 Å². The van der Waals surface area contributed by atoms with Gasteiger partial charge in [-0.15, -0.1) is 11.3 Å². The molecule has 5 aromatic rings. The molecule has 1 amide bonds. The number of aryl methyl sites for hydroxylation is 1. The number of aromatic amines is 1. The molecule has 2 N–H and O–H groups in total. The zero-order valence-corrected chi connectivity index (χ0v) is 16.5. The maximum atomic E-state index is 12.6. The quantitative estimate of drug-likeness (QED) is 0.460. The second-order valence-electron chi connectivity index (χ2n) is 6.70. The average molecular weight is 402 g/mol. The minimum atomic E-state index is -0.0991. The molecule has 3 aromatic heterocycles. The van der Waals surface area contributed by atoms with Crippen molar-refractivity contribution in [1.82, 2.24) is 24.7 Å². The number of hydrogen-bond acceptors (Lipinski definition) is 5. The van der Waals surface area contributed by atoms with Crippen LogP contribution in [0.3, 0.4) is 0 Å². The summed E-state index contributed by atoms with van der Waals surface area (Å²) >= 11 is 1.44. The maximum Gasteiger partial charge on any atom is 0.230 e. The molecule has 29 heavy (non-hydrogen) atoms. The number of carbonyl (C=O) groups excluding carboxylic acids is 1. The molecular weight excluding hydrogens is 384 g/mol. The van der Waals surface area contributed by atoms with Crippen molar-refractivity contribution in [3.8, 4) is 10.8 Å². The number of fused-ring (bicyclic) bond motifs is 3. The number of aromatic nitrogens is 5. The van der Waals surface area contributed by atoms with Crippen molar-refractivity contribution >= 4 is 44.7 Å². The van der Waals surface area contributed by atoms with E-state index < -0.39 is 0 Å². The number of H-pyrrole nitrogens is 1. The molecule has 0 aliphatic rings. The fourth-order valence-corrected chi connectivity index (χ4v) is 4.41. The first-order valence-corrected chi connectivity index (χ1v) is 10.2. The molecule has 0 unspecified atom stereocenters. The zero-order chi connectivity index (χ0) is 19.8. The topological polar surface area (TPSA) is 88.5 Å². The van der Waals surface area contributed by atoms with Crippen LogP contribution in [0.5, 0.6) is 0 Å². The number of nitrogens with zero attached hydrogens (tertiary/aromatic N) is 4. The van der Waals surface area contributed by atoms with E-state index in [1.165, 1.54) is 34.1 Å². The minimum Gasteiger partial charge on any atom is -0.341 e. The van der Waals surface area contributed by atoms with Gasteiger partial charge in [-0.2, -0.15) is 5.10 Å². The first-order valence-electron chi connectivity index (χ1n) is 9.34. The van der Waals surface area contributed by atoms with Gasteiger partial charge in [0.05, 0.1) is 12.1 Å². The van der Waals surface area contributed by atoms with E-state index in [4.69, 9.17) is 0 Å². The summed E-state index contributed by atoms with van der Waals surface area (Å²) < 4.78 is 2.29. The molecule has 2 aromatic carbocycles. The number of anilines is 1. The number of amides is 1. The summed E-state index contributed by atoms with van der Waals surface area (Å²) in [5.41, 5.74) is 3.87. The molecule has 0 aliphatic carbocycles. The van der Waals surface area contributed by atoms with Crippen LogP contribution in [0.15, 0.2) is 54.2 Å². The Balaban J connectivity index is 1.39. The lowest BCUT2D eigenvalue weighted by molar-refractivity contribution is -0.115. The summed E-state index contributed by atoms with van der Waals surface area (Å²) in [4.78, 5) is 21.1. The molecular formula is C21H18N6OS. The van der Waals surface area contributed by atoms with Crippen LogP contribution in [-0.4, -0.2) is 30.6 Å². The van der Waals surface area contributed by atoms with Crippen LogP contribution < -0.4 is 5.32 Å². The van der Waals surface area contributed by atoms with Gasteiger partial charge in [-0.05, 0) is 31.2 Å². The van der Waals surface area contributed by atoms with Gasteiger partial charge in [0.1, 0.15) is 6.33 Å². The normalized spacial score (nSPS) is 11.3. The molecule has 0 fully saturated rings. The summed E-state index contributed by atoms with van der Waals surface area (Å²) in [6.07, 6.45) is 1.65. The average Bonchev–Trinajstić information content (AvgIpc) is 3.46. The van der Waals surface area contributed by atoms with Gasteiger partial charge in [0, 0.05) is 39.4 Å². The Morgan fingerprint density at radius 2 is 2.03 bits per heavy atom. The molecule has 0 saturated heterocycles. The Morgan fingerprint density at radius 3 is 2.86 bits per heavy atom. The number of rotatable bonds is 5. The maximum absolute atomic E-state index is 12.6. The summed E-state index contributed by atoms with van der Waals surface area (Å²) in [6, 6.07) is 14.4. The minimum absolute atomic E-state index is 0.0991. The van der Waals surface area contributed by atoms with Gasteiger partial charge in [0.25, 0.3) is 0 Å². The van der Waals surface area contributed by atoms with Crippen LogP contribution in [0.1, 0.15) is 12.6 Å². The van der Waals surface area contributed by atoms with Crippen molar-refractivity contribution in [2.45, 2.75) is 19.9 Å². The predicted octanol–water partition coefficient (Wildman–Crippen LogP) is 4.24. The van der Waals surface area contributed by atoms with Crippen molar-refractivity contribution < 1.29 is 4.79 Å². The van der Waals surface area contributed by atoms with E-state index in [-0.39, 0.29) is 12.3 Å². The van der Waals surface area contributed by atoms with Crippen LogP contribution >= 0.6 is 11.3 Å². The Labute approximate surface area is 170 Å². The highest BCUT2D eigenvalue weighted by atomic mass is 32.1. The first kappa shape index (κ1) is 17.6. The number of hydrogen-bond donors (Lipinski definition) is 2. The van der Waals surface area contributed by atoms with Crippen molar-refractivity contribution in [3.05, 3.63) is 59.9 Å². The largest absolute Gasteiger partial charge is 0.341 e. The van der Waals surface area contributed by atoms with Crippen molar-refractivity contribution in [1.29, 1.82) is 0 Å². The third kappa shape index (κ3) is 3.17. The number of benzene rings is 2. The van der Waals surface area contributed by atoms with Gasteiger partial charge in [0.15, 0.2) is 10.8 Å². The van der Waals surface area contributed by atoms with Crippen LogP contribution in [0.4, 0.5) is 5.69 Å². The van der Waals surface area contributed by atoms with Gasteiger partial charge in [-0.1, -0.05) is 18.2 Å². The first-order chi connectivity index (χ1) is 14.2. The van der Waals surface area contributed by atoms with Gasteiger partial charge in [-0.25, -0.2) is 9.97 Å². The van der Waals surface area contributed by atoms with Crippen molar-refractivity contribution in [3.63, 3.8) is 0 Å². The van der Waals surface area contributed by atoms with Crippen LogP contribution in [0, 0.1) is 0 Å². The Hall–Kier alpha value is -3.52. The molecule has 144 valence electrons. The molecule has 0 spiro atoms. The summed E-state index contributed by atoms with van der Waals surface area (Å²) in [5, 5.41) is 14.5. The van der Waals surface area contributed by atoms with E-state index in [2.05, 4.69) is 61.2 Å². The Bertz CT molecular complexity index is 1320. The van der Waals surface area contributed by atoms with Crippen LogP contribution in [0.2, 0.25) is 0 Å². The predicted molar refractivity (Wildman–Crippen MR) is 115 cm³/mol. The number of thiazole rings is 1. The Morgan fingerprint density at radius 1 is 1.17 bits per heavy atom. The molecule has 3 heterocycles. The third-order valence-electron chi connectivity index (χ3n) is 4.88. The molecule has 0 atom stereocenters. The lowest BCUT2D eigenvalue weighted by atomic mass is 10.1. The van der Waals surface area contributed by atoms with Crippen LogP contribution in [-0.2, 0) is 17.8 Å². The summed E-state index contributed by atoms with van der Waals surface area (Å²) in [5.74, 6) is 0.512. The monoisotopic (exact) mass is 402 g/mol. The fraction of sp³-hybridized carbons (Fsp3) is 0.143. The van der Waals surface area contributed by atoms with Gasteiger partial charge < -0.3 is 9.88 Å². The highest BCUT2D eigenvalue weighted by Gasteiger charge is 2.13.